The SMILES string of the molecule is Cc1ccnc(F)c1CN1CCc2nc(C(F)(F)F)ncc2C1. The van der Waals surface area contributed by atoms with Gasteiger partial charge in [-0.2, -0.15) is 17.6 Å². The lowest BCUT2D eigenvalue weighted by atomic mass is 10.1. The lowest BCUT2D eigenvalue weighted by Gasteiger charge is -2.28. The Kier molecular flexibility index (Phi) is 4.01. The molecule has 0 fully saturated rings. The molecule has 0 saturated heterocycles. The highest BCUT2D eigenvalue weighted by Gasteiger charge is 2.35. The van der Waals surface area contributed by atoms with Gasteiger partial charge in [-0.25, -0.2) is 15.0 Å². The third-order valence-corrected chi connectivity index (χ3v) is 3.89. The normalized spacial score (nSPS) is 15.5. The molecule has 3 heterocycles. The topological polar surface area (TPSA) is 41.9 Å². The number of nitrogens with zero attached hydrogens (tertiary/aromatic N) is 4. The molecule has 2 aromatic rings. The van der Waals surface area contributed by atoms with E-state index in [1.54, 1.807) is 13.0 Å². The highest BCUT2D eigenvalue weighted by molar-refractivity contribution is 5.25. The summed E-state index contributed by atoms with van der Waals surface area (Å²) < 4.78 is 51.7. The van der Waals surface area contributed by atoms with Crippen LogP contribution in [0.15, 0.2) is 18.5 Å². The second-order valence-corrected chi connectivity index (χ2v) is 5.52. The van der Waals surface area contributed by atoms with Gasteiger partial charge in [0.15, 0.2) is 0 Å². The molecule has 0 bridgehead atoms. The molecular weight excluding hydrogens is 312 g/mol. The van der Waals surface area contributed by atoms with Gasteiger partial charge in [-0.05, 0) is 18.6 Å². The Balaban J connectivity index is 1.79. The predicted molar refractivity (Wildman–Crippen MR) is 73.8 cm³/mol. The van der Waals surface area contributed by atoms with Crippen LogP contribution in [0.4, 0.5) is 17.6 Å². The fourth-order valence-electron chi connectivity index (χ4n) is 2.62. The molecule has 0 aliphatic carbocycles. The van der Waals surface area contributed by atoms with Gasteiger partial charge in [-0.15, -0.1) is 0 Å². The summed E-state index contributed by atoms with van der Waals surface area (Å²) in [6, 6.07) is 1.73. The van der Waals surface area contributed by atoms with Crippen LogP contribution in [0.2, 0.25) is 0 Å². The van der Waals surface area contributed by atoms with E-state index in [2.05, 4.69) is 15.0 Å². The molecule has 2 aromatic heterocycles. The van der Waals surface area contributed by atoms with Crippen molar-refractivity contribution in [3.63, 3.8) is 0 Å². The van der Waals surface area contributed by atoms with Crippen LogP contribution in [0.1, 0.15) is 28.2 Å². The number of aromatic nitrogens is 3. The van der Waals surface area contributed by atoms with E-state index in [4.69, 9.17) is 0 Å². The van der Waals surface area contributed by atoms with E-state index >= 15 is 0 Å². The van der Waals surface area contributed by atoms with E-state index in [1.165, 1.54) is 12.4 Å². The molecule has 0 amide bonds. The third kappa shape index (κ3) is 3.31. The largest absolute Gasteiger partial charge is 0.451 e. The molecule has 0 saturated carbocycles. The van der Waals surface area contributed by atoms with Crippen LogP contribution in [0.5, 0.6) is 0 Å². The number of alkyl halides is 3. The molecule has 122 valence electrons. The molecule has 8 heteroatoms. The van der Waals surface area contributed by atoms with Gasteiger partial charge in [0, 0.05) is 49.6 Å². The van der Waals surface area contributed by atoms with Crippen LogP contribution >= 0.6 is 0 Å². The van der Waals surface area contributed by atoms with E-state index in [-0.39, 0.29) is 0 Å². The number of hydrogen-bond acceptors (Lipinski definition) is 4. The van der Waals surface area contributed by atoms with Crippen LogP contribution in [0.25, 0.3) is 0 Å². The fraction of sp³-hybridized carbons (Fsp3) is 0.400. The van der Waals surface area contributed by atoms with Crippen LogP contribution < -0.4 is 0 Å². The van der Waals surface area contributed by atoms with E-state index in [1.807, 2.05) is 4.90 Å². The standard InChI is InChI=1S/C15H14F4N4/c1-9-2-4-20-13(16)11(9)8-23-5-3-12-10(7-23)6-21-14(22-12)15(17,18)19/h2,4,6H,3,5,7-8H2,1H3. The maximum atomic E-state index is 13.8. The first-order valence-electron chi connectivity index (χ1n) is 7.09. The quantitative estimate of drug-likeness (QED) is 0.629. The Morgan fingerprint density at radius 1 is 1.26 bits per heavy atom. The fourth-order valence-corrected chi connectivity index (χ4v) is 2.62. The van der Waals surface area contributed by atoms with Crippen molar-refractivity contribution in [1.82, 2.24) is 19.9 Å². The molecule has 0 radical (unpaired) electrons. The summed E-state index contributed by atoms with van der Waals surface area (Å²) in [7, 11) is 0. The first kappa shape index (κ1) is 15.8. The Bertz CT molecular complexity index is 710. The molecule has 4 nitrogen and oxygen atoms in total. The van der Waals surface area contributed by atoms with Crippen molar-refractivity contribution in [2.24, 2.45) is 0 Å². The van der Waals surface area contributed by atoms with Crippen LogP contribution in [-0.2, 0) is 25.7 Å². The van der Waals surface area contributed by atoms with E-state index in [9.17, 15) is 17.6 Å². The van der Waals surface area contributed by atoms with E-state index in [0.717, 1.165) is 5.56 Å². The minimum atomic E-state index is -4.54. The van der Waals surface area contributed by atoms with E-state index < -0.39 is 17.9 Å². The average molecular weight is 326 g/mol. The molecule has 1 aliphatic heterocycles. The molecule has 23 heavy (non-hydrogen) atoms. The van der Waals surface area contributed by atoms with Gasteiger partial charge < -0.3 is 0 Å². The van der Waals surface area contributed by atoms with Crippen molar-refractivity contribution in [3.8, 4) is 0 Å². The van der Waals surface area contributed by atoms with E-state index in [0.29, 0.717) is 42.9 Å². The van der Waals surface area contributed by atoms with Gasteiger partial charge in [-0.1, -0.05) is 0 Å². The molecule has 3 rings (SSSR count). The highest BCUT2D eigenvalue weighted by Crippen LogP contribution is 2.28. The second kappa shape index (κ2) is 5.84. The molecule has 0 N–H and O–H groups in total. The maximum Gasteiger partial charge on any atom is 0.451 e. The summed E-state index contributed by atoms with van der Waals surface area (Å²) in [4.78, 5) is 12.6. The zero-order valence-corrected chi connectivity index (χ0v) is 12.4. The minimum absolute atomic E-state index is 0.353. The molecule has 1 aliphatic rings. The van der Waals surface area contributed by atoms with Crippen molar-refractivity contribution in [1.29, 1.82) is 0 Å². The smallest absolute Gasteiger partial charge is 0.294 e. The molecular formula is C15H14F4N4. The maximum absolute atomic E-state index is 13.8. The van der Waals surface area contributed by atoms with Gasteiger partial charge in [0.1, 0.15) is 0 Å². The average Bonchev–Trinajstić information content (AvgIpc) is 2.49. The summed E-state index contributed by atoms with van der Waals surface area (Å²) in [6.45, 7) is 3.05. The monoisotopic (exact) mass is 326 g/mol. The molecule has 0 atom stereocenters. The van der Waals surface area contributed by atoms with Gasteiger partial charge in [0.05, 0.1) is 5.69 Å². The third-order valence-electron chi connectivity index (χ3n) is 3.89. The number of fused-ring (bicyclic) bond motifs is 1. The Labute approximate surface area is 130 Å². The van der Waals surface area contributed by atoms with Crippen molar-refractivity contribution < 1.29 is 17.6 Å². The number of halogens is 4. The summed E-state index contributed by atoms with van der Waals surface area (Å²) in [5, 5.41) is 0. The van der Waals surface area contributed by atoms with Gasteiger partial charge in [0.2, 0.25) is 11.8 Å². The Hall–Kier alpha value is -2.09. The zero-order chi connectivity index (χ0) is 16.6. The minimum Gasteiger partial charge on any atom is -0.294 e. The summed E-state index contributed by atoms with van der Waals surface area (Å²) >= 11 is 0. The molecule has 0 unspecified atom stereocenters. The number of hydrogen-bond donors (Lipinski definition) is 0. The Morgan fingerprint density at radius 2 is 2.04 bits per heavy atom. The van der Waals surface area contributed by atoms with Crippen LogP contribution in [0.3, 0.4) is 0 Å². The number of aryl methyl sites for hydroxylation is 1. The zero-order valence-electron chi connectivity index (χ0n) is 12.4. The Morgan fingerprint density at radius 3 is 2.74 bits per heavy atom. The van der Waals surface area contributed by atoms with Crippen LogP contribution in [-0.4, -0.2) is 26.4 Å². The van der Waals surface area contributed by atoms with Crippen molar-refractivity contribution in [2.75, 3.05) is 6.54 Å². The molecule has 0 aromatic carbocycles. The molecule has 0 spiro atoms. The lowest BCUT2D eigenvalue weighted by molar-refractivity contribution is -0.145. The number of rotatable bonds is 2. The first-order valence-corrected chi connectivity index (χ1v) is 7.09. The summed E-state index contributed by atoms with van der Waals surface area (Å²) in [6.07, 6.45) is -1.54. The first-order chi connectivity index (χ1) is 10.8. The second-order valence-electron chi connectivity index (χ2n) is 5.52. The highest BCUT2D eigenvalue weighted by atomic mass is 19.4. The van der Waals surface area contributed by atoms with Gasteiger partial charge in [0.25, 0.3) is 0 Å². The van der Waals surface area contributed by atoms with Crippen molar-refractivity contribution in [3.05, 3.63) is 52.6 Å². The predicted octanol–water partition coefficient (Wildman–Crippen LogP) is 2.90. The number of pyridine rings is 1. The summed E-state index contributed by atoms with van der Waals surface area (Å²) in [5.74, 6) is -1.63. The lowest BCUT2D eigenvalue weighted by Crippen LogP contribution is -2.32. The summed E-state index contributed by atoms with van der Waals surface area (Å²) in [5.41, 5.74) is 2.36. The van der Waals surface area contributed by atoms with Crippen molar-refractivity contribution in [2.45, 2.75) is 32.6 Å². The van der Waals surface area contributed by atoms with Gasteiger partial charge >= 0.3 is 6.18 Å². The van der Waals surface area contributed by atoms with Gasteiger partial charge in [-0.3, -0.25) is 4.90 Å². The van der Waals surface area contributed by atoms with Crippen LogP contribution in [0, 0.1) is 12.9 Å². The van der Waals surface area contributed by atoms with Crippen molar-refractivity contribution >= 4 is 0 Å².